The number of pyridine rings is 1. The summed E-state index contributed by atoms with van der Waals surface area (Å²) in [7, 11) is 4.68. The average Bonchev–Trinajstić information content (AvgIpc) is 3.86. The maximum absolute atomic E-state index is 13.7. The lowest BCUT2D eigenvalue weighted by Crippen LogP contribution is -2.22. The maximum Gasteiger partial charge on any atom is 0.341 e. The van der Waals surface area contributed by atoms with Gasteiger partial charge in [-0.1, -0.05) is 24.3 Å². The molecule has 0 spiro atoms. The van der Waals surface area contributed by atoms with Gasteiger partial charge in [-0.3, -0.25) is 4.79 Å². The van der Waals surface area contributed by atoms with E-state index in [2.05, 4.69) is 5.32 Å². The normalized spacial score (nSPS) is 12.9. The average molecular weight is 685 g/mol. The number of esters is 2. The van der Waals surface area contributed by atoms with Gasteiger partial charge in [0, 0.05) is 21.2 Å². The summed E-state index contributed by atoms with van der Waals surface area (Å²) in [6.07, 6.45) is 3.19. The predicted octanol–water partition coefficient (Wildman–Crippen LogP) is 7.51. The number of methoxy groups -OCH3 is 3. The highest BCUT2D eigenvalue weighted by molar-refractivity contribution is 7.17. The third kappa shape index (κ3) is 6.36. The van der Waals surface area contributed by atoms with Gasteiger partial charge in [0.1, 0.15) is 10.6 Å². The minimum atomic E-state index is -0.634. The van der Waals surface area contributed by atoms with Crippen molar-refractivity contribution in [3.63, 3.8) is 0 Å². The summed E-state index contributed by atoms with van der Waals surface area (Å²) in [5.74, 6) is -0.210. The molecule has 0 saturated carbocycles. The summed E-state index contributed by atoms with van der Waals surface area (Å²) >= 11 is 2.69. The highest BCUT2D eigenvalue weighted by Crippen LogP contribution is 2.42. The van der Waals surface area contributed by atoms with Crippen molar-refractivity contribution in [2.24, 2.45) is 0 Å². The number of nitrogens with one attached hydrogen (secondary N) is 1. The number of para-hydroxylation sites is 1. The molecule has 6 rings (SSSR count). The molecule has 10 nitrogen and oxygen atoms in total. The van der Waals surface area contributed by atoms with Gasteiger partial charge < -0.3 is 29.0 Å². The summed E-state index contributed by atoms with van der Waals surface area (Å²) in [6.45, 7) is 1.36. The Morgan fingerprint density at radius 2 is 1.65 bits per heavy atom. The summed E-state index contributed by atoms with van der Waals surface area (Å²) in [5.41, 5.74) is 5.15. The lowest BCUT2D eigenvalue weighted by Gasteiger charge is -2.14. The van der Waals surface area contributed by atoms with Crippen LogP contribution in [0.2, 0.25) is 0 Å². The first-order valence-electron chi connectivity index (χ1n) is 15.1. The van der Waals surface area contributed by atoms with Gasteiger partial charge in [0.25, 0.3) is 5.91 Å². The fraction of sp³-hybridized carbons (Fsp3) is 0.222. The van der Waals surface area contributed by atoms with E-state index in [1.165, 1.54) is 22.7 Å². The maximum atomic E-state index is 13.7. The van der Waals surface area contributed by atoms with E-state index < -0.39 is 24.5 Å². The summed E-state index contributed by atoms with van der Waals surface area (Å²) in [6, 6.07) is 14.8. The number of fused-ring (bicyclic) bond motifs is 2. The number of amides is 1. The fourth-order valence-electron chi connectivity index (χ4n) is 5.73. The molecule has 1 aliphatic carbocycles. The summed E-state index contributed by atoms with van der Waals surface area (Å²) < 4.78 is 27.4. The van der Waals surface area contributed by atoms with Crippen LogP contribution in [0.3, 0.4) is 0 Å². The van der Waals surface area contributed by atoms with E-state index >= 15 is 0 Å². The van der Waals surface area contributed by atoms with Crippen LogP contribution in [0.4, 0.5) is 5.00 Å². The number of ether oxygens (including phenoxy) is 5. The topological polar surface area (TPSA) is 122 Å². The number of allylic oxidation sites excluding steroid dienone is 1. The summed E-state index contributed by atoms with van der Waals surface area (Å²) in [5, 5.41) is 7.42. The molecule has 0 aliphatic heterocycles. The SMILES string of the molecule is CCOC(=O)c1c(-c2cccs2)csc1NC(=O)COC(=O)c1c2c(nc3ccccc13)C(=Cc1cc(OC)c(OC)c(OC)c1)CC2. The molecule has 1 aliphatic rings. The Balaban J connectivity index is 1.27. The number of hydrogen-bond acceptors (Lipinski definition) is 11. The van der Waals surface area contributed by atoms with Gasteiger partial charge in [0.05, 0.1) is 44.7 Å². The fourth-order valence-corrected chi connectivity index (χ4v) is 7.52. The van der Waals surface area contributed by atoms with Crippen molar-refractivity contribution in [1.29, 1.82) is 0 Å². The van der Waals surface area contributed by atoms with E-state index in [1.54, 1.807) is 33.6 Å². The third-order valence-corrected chi connectivity index (χ3v) is 9.62. The first-order chi connectivity index (χ1) is 23.4. The van der Waals surface area contributed by atoms with Crippen LogP contribution in [-0.4, -0.2) is 57.4 Å². The van der Waals surface area contributed by atoms with E-state index in [0.29, 0.717) is 62.8 Å². The van der Waals surface area contributed by atoms with E-state index in [-0.39, 0.29) is 12.2 Å². The second-order valence-electron chi connectivity index (χ2n) is 10.6. The Morgan fingerprint density at radius 1 is 0.896 bits per heavy atom. The van der Waals surface area contributed by atoms with E-state index in [9.17, 15) is 14.4 Å². The quantitative estimate of drug-likeness (QED) is 0.141. The van der Waals surface area contributed by atoms with Gasteiger partial charge in [-0.05, 0) is 72.2 Å². The van der Waals surface area contributed by atoms with Crippen molar-refractivity contribution in [3.05, 3.63) is 87.2 Å². The Kier molecular flexibility index (Phi) is 9.74. The molecule has 0 bridgehead atoms. The van der Waals surface area contributed by atoms with Crippen LogP contribution in [0.1, 0.15) is 50.9 Å². The van der Waals surface area contributed by atoms with Crippen LogP contribution >= 0.6 is 22.7 Å². The van der Waals surface area contributed by atoms with Gasteiger partial charge in [-0.25, -0.2) is 14.6 Å². The van der Waals surface area contributed by atoms with Crippen LogP contribution in [0, 0.1) is 0 Å². The van der Waals surface area contributed by atoms with Crippen molar-refractivity contribution >= 4 is 68.1 Å². The Morgan fingerprint density at radius 3 is 2.33 bits per heavy atom. The number of anilines is 1. The molecular weight excluding hydrogens is 653 g/mol. The molecule has 1 amide bonds. The largest absolute Gasteiger partial charge is 0.493 e. The van der Waals surface area contributed by atoms with E-state index in [4.69, 9.17) is 28.7 Å². The monoisotopic (exact) mass is 684 g/mol. The van der Waals surface area contributed by atoms with Crippen LogP contribution < -0.4 is 19.5 Å². The van der Waals surface area contributed by atoms with Gasteiger partial charge in [0.15, 0.2) is 18.1 Å². The summed E-state index contributed by atoms with van der Waals surface area (Å²) in [4.78, 5) is 45.5. The van der Waals surface area contributed by atoms with Crippen molar-refractivity contribution < 1.29 is 38.1 Å². The zero-order valence-electron chi connectivity index (χ0n) is 26.7. The van der Waals surface area contributed by atoms with Gasteiger partial charge in [-0.2, -0.15) is 0 Å². The molecular formula is C36H32N2O8S2. The van der Waals surface area contributed by atoms with E-state index in [0.717, 1.165) is 21.6 Å². The van der Waals surface area contributed by atoms with Gasteiger partial charge in [-0.15, -0.1) is 22.7 Å². The number of thiophene rings is 2. The number of nitrogens with zero attached hydrogens (tertiary/aromatic N) is 1. The highest BCUT2D eigenvalue weighted by atomic mass is 32.1. The lowest BCUT2D eigenvalue weighted by molar-refractivity contribution is -0.119. The zero-order valence-corrected chi connectivity index (χ0v) is 28.3. The molecule has 1 N–H and O–H groups in total. The zero-order chi connectivity index (χ0) is 33.8. The molecule has 246 valence electrons. The first kappa shape index (κ1) is 32.7. The molecule has 0 fully saturated rings. The molecule has 48 heavy (non-hydrogen) atoms. The second kappa shape index (κ2) is 14.3. The van der Waals surface area contributed by atoms with Gasteiger partial charge >= 0.3 is 11.9 Å². The van der Waals surface area contributed by atoms with Gasteiger partial charge in [0.2, 0.25) is 5.75 Å². The lowest BCUT2D eigenvalue weighted by atomic mass is 10.0. The predicted molar refractivity (Wildman–Crippen MR) is 187 cm³/mol. The molecule has 0 radical (unpaired) electrons. The van der Waals surface area contributed by atoms with Crippen molar-refractivity contribution in [3.8, 4) is 27.7 Å². The first-order valence-corrected chi connectivity index (χ1v) is 16.8. The highest BCUT2D eigenvalue weighted by Gasteiger charge is 2.29. The number of benzene rings is 2. The molecule has 0 saturated heterocycles. The molecule has 2 aromatic carbocycles. The van der Waals surface area contributed by atoms with Crippen molar-refractivity contribution in [2.45, 2.75) is 19.8 Å². The number of carbonyl (C=O) groups is 3. The third-order valence-electron chi connectivity index (χ3n) is 7.82. The molecule has 3 aromatic heterocycles. The number of rotatable bonds is 11. The van der Waals surface area contributed by atoms with Crippen LogP contribution in [0.25, 0.3) is 33.0 Å². The van der Waals surface area contributed by atoms with E-state index in [1.807, 2.05) is 60.0 Å². The van der Waals surface area contributed by atoms with Crippen LogP contribution in [0.15, 0.2) is 59.3 Å². The second-order valence-corrected chi connectivity index (χ2v) is 12.5. The Hall–Kier alpha value is -5.20. The smallest absolute Gasteiger partial charge is 0.341 e. The van der Waals surface area contributed by atoms with Crippen LogP contribution in [0.5, 0.6) is 17.2 Å². The standard InChI is InChI=1S/C36H32N2O8S2/c1-5-45-36(41)31-24(28-11-8-14-47-28)19-48-34(31)38-29(39)18-46-35(40)30-22-9-6-7-10-25(22)37-32-21(12-13-23(30)32)15-20-16-26(42-2)33(44-4)27(17-20)43-3/h6-11,14-17,19H,5,12-13,18H2,1-4H3,(H,38,39). The van der Waals surface area contributed by atoms with Crippen molar-refractivity contribution in [2.75, 3.05) is 39.9 Å². The molecule has 0 unspecified atom stereocenters. The Bertz CT molecular complexity index is 2020. The number of hydrogen-bond donors (Lipinski definition) is 1. The number of aromatic nitrogens is 1. The minimum absolute atomic E-state index is 0.188. The molecule has 0 atom stereocenters. The molecule has 12 heteroatoms. The Labute approximate surface area is 284 Å². The minimum Gasteiger partial charge on any atom is -0.493 e. The molecule has 3 heterocycles. The molecule has 5 aromatic rings. The van der Waals surface area contributed by atoms with Crippen molar-refractivity contribution in [1.82, 2.24) is 4.98 Å². The number of carbonyl (C=O) groups excluding carboxylic acids is 3. The van der Waals surface area contributed by atoms with Crippen LogP contribution in [-0.2, 0) is 20.7 Å².